The summed E-state index contributed by atoms with van der Waals surface area (Å²) in [4.78, 5) is 11.6. The van der Waals surface area contributed by atoms with Crippen molar-refractivity contribution in [3.63, 3.8) is 0 Å². The van der Waals surface area contributed by atoms with Crippen LogP contribution in [0.1, 0.15) is 17.3 Å². The molecule has 0 fully saturated rings. The van der Waals surface area contributed by atoms with Crippen molar-refractivity contribution in [3.8, 4) is 11.4 Å². The maximum absolute atomic E-state index is 12.7. The van der Waals surface area contributed by atoms with Gasteiger partial charge in [0.15, 0.2) is 5.75 Å². The summed E-state index contributed by atoms with van der Waals surface area (Å²) in [6, 6.07) is 8.20. The molecule has 0 saturated carbocycles. The van der Waals surface area contributed by atoms with E-state index in [1.54, 1.807) is 13.0 Å². The molecule has 2 aromatic carbocycles. The Morgan fingerprint density at radius 1 is 1.18 bits per heavy atom. The van der Waals surface area contributed by atoms with Gasteiger partial charge < -0.3 is 8.92 Å². The lowest BCUT2D eigenvalue weighted by Crippen LogP contribution is -2.12. The van der Waals surface area contributed by atoms with E-state index in [0.717, 1.165) is 0 Å². The molecule has 146 valence electrons. The van der Waals surface area contributed by atoms with Crippen LogP contribution in [0.2, 0.25) is 10.0 Å². The molecule has 0 unspecified atom stereocenters. The van der Waals surface area contributed by atoms with E-state index in [1.807, 2.05) is 0 Å². The van der Waals surface area contributed by atoms with Crippen molar-refractivity contribution in [2.24, 2.45) is 0 Å². The third kappa shape index (κ3) is 4.24. The van der Waals surface area contributed by atoms with Crippen molar-refractivity contribution in [3.05, 3.63) is 58.3 Å². The van der Waals surface area contributed by atoms with E-state index < -0.39 is 16.1 Å². The van der Waals surface area contributed by atoms with Crippen LogP contribution in [0.4, 0.5) is 0 Å². The maximum atomic E-state index is 12.7. The normalized spacial score (nSPS) is 11.2. The Morgan fingerprint density at radius 3 is 2.50 bits per heavy atom. The molecule has 0 aliphatic rings. The molecule has 0 amide bonds. The first-order valence-electron chi connectivity index (χ1n) is 7.76. The van der Waals surface area contributed by atoms with Crippen LogP contribution >= 0.6 is 23.2 Å². The zero-order valence-corrected chi connectivity index (χ0v) is 16.6. The van der Waals surface area contributed by atoms with E-state index >= 15 is 0 Å². The van der Waals surface area contributed by atoms with Crippen LogP contribution in [-0.2, 0) is 14.9 Å². The maximum Gasteiger partial charge on any atom is 0.339 e. The predicted octanol–water partition coefficient (Wildman–Crippen LogP) is 2.91. The van der Waals surface area contributed by atoms with Gasteiger partial charge in [0.05, 0.1) is 27.9 Å². The van der Waals surface area contributed by atoms with Crippen LogP contribution in [0, 0.1) is 0 Å². The van der Waals surface area contributed by atoms with Gasteiger partial charge in [-0.25, -0.2) is 9.48 Å². The smallest absolute Gasteiger partial charge is 0.339 e. The fraction of sp³-hybridized carbons (Fsp3) is 0.125. The van der Waals surface area contributed by atoms with Gasteiger partial charge in [0.2, 0.25) is 0 Å². The summed E-state index contributed by atoms with van der Waals surface area (Å²) in [5.41, 5.74) is 0.479. The SMILES string of the molecule is CCOC(=O)c1cc(Cl)c(OS(=O)(=O)c2cccc(-n3cnnn3)c2)c(Cl)c1. The molecule has 0 aliphatic heterocycles. The summed E-state index contributed by atoms with van der Waals surface area (Å²) < 4.78 is 36.6. The minimum Gasteiger partial charge on any atom is -0.462 e. The van der Waals surface area contributed by atoms with E-state index in [0.29, 0.717) is 5.69 Å². The van der Waals surface area contributed by atoms with Gasteiger partial charge in [0.25, 0.3) is 0 Å². The fourth-order valence-electron chi connectivity index (χ4n) is 2.19. The van der Waals surface area contributed by atoms with Crippen molar-refractivity contribution in [2.45, 2.75) is 11.8 Å². The highest BCUT2D eigenvalue weighted by molar-refractivity contribution is 7.87. The lowest BCUT2D eigenvalue weighted by Gasteiger charge is -2.12. The number of esters is 1. The number of hydrogen-bond acceptors (Lipinski definition) is 8. The Kier molecular flexibility index (Phi) is 5.82. The third-order valence-electron chi connectivity index (χ3n) is 3.42. The topological polar surface area (TPSA) is 113 Å². The molecular formula is C16H12Cl2N4O5S. The molecule has 0 atom stereocenters. The van der Waals surface area contributed by atoms with Gasteiger partial charge in [-0.3, -0.25) is 0 Å². The van der Waals surface area contributed by atoms with Crippen molar-refractivity contribution in [1.29, 1.82) is 0 Å². The fourth-order valence-corrected chi connectivity index (χ4v) is 3.85. The first-order valence-corrected chi connectivity index (χ1v) is 9.92. The zero-order valence-electron chi connectivity index (χ0n) is 14.2. The average molecular weight is 443 g/mol. The number of tetrazole rings is 1. The molecule has 3 aromatic rings. The van der Waals surface area contributed by atoms with Crippen molar-refractivity contribution in [1.82, 2.24) is 20.2 Å². The highest BCUT2D eigenvalue weighted by Gasteiger charge is 2.23. The molecule has 1 heterocycles. The Bertz CT molecular complexity index is 1100. The molecule has 9 nitrogen and oxygen atoms in total. The van der Waals surface area contributed by atoms with Crippen molar-refractivity contribution < 1.29 is 22.1 Å². The number of carbonyl (C=O) groups excluding carboxylic acids is 1. The van der Waals surface area contributed by atoms with Crippen LogP contribution in [0.15, 0.2) is 47.6 Å². The Balaban J connectivity index is 1.93. The van der Waals surface area contributed by atoms with Crippen molar-refractivity contribution >= 4 is 39.3 Å². The zero-order chi connectivity index (χ0) is 20.3. The Labute approximate surface area is 169 Å². The van der Waals surface area contributed by atoms with E-state index in [2.05, 4.69) is 15.5 Å². The monoisotopic (exact) mass is 442 g/mol. The summed E-state index contributed by atoms with van der Waals surface area (Å²) in [6.45, 7) is 1.81. The standard InChI is InChI=1S/C16H12Cl2N4O5S/c1-2-26-16(23)10-6-13(17)15(14(18)7-10)27-28(24,25)12-5-3-4-11(8-12)22-9-19-20-21-22/h3-9H,2H2,1H3. The van der Waals surface area contributed by atoms with Gasteiger partial charge in [0.1, 0.15) is 11.2 Å². The summed E-state index contributed by atoms with van der Waals surface area (Å²) >= 11 is 12.1. The molecule has 0 N–H and O–H groups in total. The number of ether oxygens (including phenoxy) is 1. The second kappa shape index (κ2) is 8.13. The molecule has 0 aliphatic carbocycles. The van der Waals surface area contributed by atoms with Gasteiger partial charge >= 0.3 is 16.1 Å². The number of rotatable bonds is 6. The molecule has 0 saturated heterocycles. The van der Waals surface area contributed by atoms with Crippen LogP contribution in [0.3, 0.4) is 0 Å². The van der Waals surface area contributed by atoms with E-state index in [-0.39, 0.29) is 32.9 Å². The van der Waals surface area contributed by atoms with Gasteiger partial charge in [-0.2, -0.15) is 8.42 Å². The number of halogens is 2. The van der Waals surface area contributed by atoms with Gasteiger partial charge in [-0.1, -0.05) is 29.3 Å². The molecule has 12 heteroatoms. The number of aromatic nitrogens is 4. The van der Waals surface area contributed by atoms with E-state index in [9.17, 15) is 13.2 Å². The summed E-state index contributed by atoms with van der Waals surface area (Å²) in [5, 5.41) is 10.4. The van der Waals surface area contributed by atoms with Crippen LogP contribution in [0.25, 0.3) is 5.69 Å². The number of hydrogen-bond donors (Lipinski definition) is 0. The third-order valence-corrected chi connectivity index (χ3v) is 5.20. The van der Waals surface area contributed by atoms with Crippen LogP contribution in [-0.4, -0.2) is 41.2 Å². The van der Waals surface area contributed by atoms with Crippen LogP contribution < -0.4 is 4.18 Å². The Morgan fingerprint density at radius 2 is 1.89 bits per heavy atom. The second-order valence-electron chi connectivity index (χ2n) is 5.28. The first-order chi connectivity index (χ1) is 13.3. The molecule has 28 heavy (non-hydrogen) atoms. The number of nitrogens with zero attached hydrogens (tertiary/aromatic N) is 4. The van der Waals surface area contributed by atoms with Crippen molar-refractivity contribution in [2.75, 3.05) is 6.61 Å². The Hall–Kier alpha value is -2.69. The molecule has 0 radical (unpaired) electrons. The second-order valence-corrected chi connectivity index (χ2v) is 7.64. The predicted molar refractivity (Wildman–Crippen MR) is 99.4 cm³/mol. The number of carbonyl (C=O) groups is 1. The molecule has 1 aromatic heterocycles. The lowest BCUT2D eigenvalue weighted by molar-refractivity contribution is 0.0526. The van der Waals surface area contributed by atoms with Gasteiger partial charge in [-0.15, -0.1) is 5.10 Å². The largest absolute Gasteiger partial charge is 0.462 e. The summed E-state index contributed by atoms with van der Waals surface area (Å²) in [5.74, 6) is -0.945. The highest BCUT2D eigenvalue weighted by Crippen LogP contribution is 2.36. The minimum absolute atomic E-state index is 0.0716. The average Bonchev–Trinajstić information content (AvgIpc) is 3.20. The first kappa shape index (κ1) is 20.1. The lowest BCUT2D eigenvalue weighted by atomic mass is 10.2. The number of benzene rings is 2. The van der Waals surface area contributed by atoms with E-state index in [1.165, 1.54) is 41.3 Å². The molecular weight excluding hydrogens is 431 g/mol. The molecule has 0 spiro atoms. The summed E-state index contributed by atoms with van der Waals surface area (Å²) in [6.07, 6.45) is 1.31. The van der Waals surface area contributed by atoms with E-state index in [4.69, 9.17) is 32.1 Å². The molecule has 3 rings (SSSR count). The summed E-state index contributed by atoms with van der Waals surface area (Å²) in [7, 11) is -4.28. The van der Waals surface area contributed by atoms with Gasteiger partial charge in [-0.05, 0) is 47.7 Å². The van der Waals surface area contributed by atoms with Crippen LogP contribution in [0.5, 0.6) is 5.75 Å². The quantitative estimate of drug-likeness (QED) is 0.422. The minimum atomic E-state index is -4.28. The van der Waals surface area contributed by atoms with Gasteiger partial charge in [0, 0.05) is 0 Å². The molecule has 0 bridgehead atoms. The highest BCUT2D eigenvalue weighted by atomic mass is 35.5.